The number of aryl methyl sites for hydroxylation is 1. The maximum Gasteiger partial charge on any atom is 0.407 e. The lowest BCUT2D eigenvalue weighted by Gasteiger charge is -2.40. The number of hydrogen-bond donors (Lipinski definition) is 1. The number of nitrogens with zero attached hydrogens (tertiary/aromatic N) is 3. The summed E-state index contributed by atoms with van der Waals surface area (Å²) in [5.41, 5.74) is 1.73. The van der Waals surface area contributed by atoms with Crippen LogP contribution in [0.15, 0.2) is 18.2 Å². The number of nitrogens with one attached hydrogen (secondary N) is 1. The minimum absolute atomic E-state index is 0.0121. The van der Waals surface area contributed by atoms with Gasteiger partial charge in [0.05, 0.1) is 24.0 Å². The number of ether oxygens (including phenoxy) is 2. The Kier molecular flexibility index (Phi) is 6.80. The molecular formula is C27H36F2N4O3. The number of aromatic nitrogens is 2. The van der Waals surface area contributed by atoms with Crippen LogP contribution in [0.3, 0.4) is 0 Å². The van der Waals surface area contributed by atoms with Gasteiger partial charge in [-0.1, -0.05) is 12.8 Å². The van der Waals surface area contributed by atoms with Crippen LogP contribution in [0.2, 0.25) is 0 Å². The number of rotatable bonds is 6. The summed E-state index contributed by atoms with van der Waals surface area (Å²) in [4.78, 5) is 19.9. The molecule has 1 saturated heterocycles. The molecule has 1 aromatic carbocycles. The standard InChI is InChI=1S/C27H36F2N4O3/c1-27(2,3)36-26(34)31-21-12-18(15-35-25(21)19-11-17(28)8-9-20(19)29)33-13-22-23(14-33)32(4)24(30-22)10-7-16-5-6-16/h8-9,11,16,18,21,25H,5-7,10,12-15H2,1-4H3,(H,31,34)/t18-,21+,25-/m1/s1. The molecule has 0 spiro atoms. The first-order valence-corrected chi connectivity index (χ1v) is 12.9. The zero-order valence-corrected chi connectivity index (χ0v) is 21.5. The van der Waals surface area contributed by atoms with Gasteiger partial charge in [0.2, 0.25) is 0 Å². The van der Waals surface area contributed by atoms with E-state index in [0.717, 1.165) is 48.6 Å². The molecule has 1 saturated carbocycles. The summed E-state index contributed by atoms with van der Waals surface area (Å²) in [5, 5.41) is 2.87. The lowest BCUT2D eigenvalue weighted by Crippen LogP contribution is -2.52. The Morgan fingerprint density at radius 3 is 2.72 bits per heavy atom. The largest absolute Gasteiger partial charge is 0.444 e. The van der Waals surface area contributed by atoms with E-state index >= 15 is 0 Å². The fraction of sp³-hybridized carbons (Fsp3) is 0.630. The molecule has 7 nitrogen and oxygen atoms in total. The number of hydrogen-bond acceptors (Lipinski definition) is 5. The van der Waals surface area contributed by atoms with Crippen LogP contribution in [-0.2, 0) is 36.0 Å². The van der Waals surface area contributed by atoms with Crippen LogP contribution >= 0.6 is 0 Å². The zero-order valence-electron chi connectivity index (χ0n) is 21.5. The predicted molar refractivity (Wildman–Crippen MR) is 130 cm³/mol. The zero-order chi connectivity index (χ0) is 25.6. The van der Waals surface area contributed by atoms with Crippen molar-refractivity contribution in [2.45, 2.75) is 89.8 Å². The molecule has 2 aliphatic heterocycles. The third kappa shape index (κ3) is 5.57. The van der Waals surface area contributed by atoms with E-state index in [-0.39, 0.29) is 11.6 Å². The Hall–Kier alpha value is -2.52. The molecule has 3 aliphatic rings. The van der Waals surface area contributed by atoms with Gasteiger partial charge in [0, 0.05) is 38.2 Å². The number of fused-ring (bicyclic) bond motifs is 1. The summed E-state index contributed by atoms with van der Waals surface area (Å²) >= 11 is 0. The number of carbonyl (C=O) groups is 1. The molecule has 196 valence electrons. The van der Waals surface area contributed by atoms with Crippen molar-refractivity contribution in [3.63, 3.8) is 0 Å². The van der Waals surface area contributed by atoms with Gasteiger partial charge in [0.15, 0.2) is 0 Å². The Morgan fingerprint density at radius 2 is 2.03 bits per heavy atom. The quantitative estimate of drug-likeness (QED) is 0.616. The van der Waals surface area contributed by atoms with E-state index in [1.165, 1.54) is 25.0 Å². The summed E-state index contributed by atoms with van der Waals surface area (Å²) in [7, 11) is 2.09. The summed E-state index contributed by atoms with van der Waals surface area (Å²) in [6.45, 7) is 7.14. The van der Waals surface area contributed by atoms with E-state index < -0.39 is 35.5 Å². The first kappa shape index (κ1) is 25.1. The van der Waals surface area contributed by atoms with E-state index in [9.17, 15) is 13.6 Å². The number of alkyl carbamates (subject to hydrolysis) is 1. The highest BCUT2D eigenvalue weighted by atomic mass is 19.1. The van der Waals surface area contributed by atoms with Crippen molar-refractivity contribution in [3.05, 3.63) is 52.6 Å². The predicted octanol–water partition coefficient (Wildman–Crippen LogP) is 4.78. The summed E-state index contributed by atoms with van der Waals surface area (Å²) in [5.74, 6) is 0.911. The minimum atomic E-state index is -0.818. The van der Waals surface area contributed by atoms with Crippen molar-refractivity contribution >= 4 is 6.09 Å². The molecule has 0 bridgehead atoms. The van der Waals surface area contributed by atoms with Crippen LogP contribution in [-0.4, -0.2) is 44.8 Å². The second-order valence-corrected chi connectivity index (χ2v) is 11.4. The molecule has 36 heavy (non-hydrogen) atoms. The normalized spacial score (nSPS) is 24.6. The van der Waals surface area contributed by atoms with Crippen LogP contribution < -0.4 is 5.32 Å². The first-order valence-electron chi connectivity index (χ1n) is 12.9. The molecular weight excluding hydrogens is 466 g/mol. The average Bonchev–Trinajstić information content (AvgIpc) is 3.46. The number of imidazole rings is 1. The van der Waals surface area contributed by atoms with E-state index in [4.69, 9.17) is 14.5 Å². The lowest BCUT2D eigenvalue weighted by atomic mass is 9.92. The lowest BCUT2D eigenvalue weighted by molar-refractivity contribution is -0.0630. The Labute approximate surface area is 211 Å². The smallest absolute Gasteiger partial charge is 0.407 e. The van der Waals surface area contributed by atoms with E-state index in [1.807, 2.05) is 0 Å². The topological polar surface area (TPSA) is 68.6 Å². The maximum atomic E-state index is 14.7. The average molecular weight is 503 g/mol. The van der Waals surface area contributed by atoms with Gasteiger partial charge in [-0.25, -0.2) is 18.6 Å². The van der Waals surface area contributed by atoms with E-state index in [2.05, 4.69) is 21.8 Å². The first-order chi connectivity index (χ1) is 17.1. The number of halogens is 2. The third-order valence-corrected chi connectivity index (χ3v) is 7.41. The molecule has 3 heterocycles. The molecule has 3 atom stereocenters. The van der Waals surface area contributed by atoms with Crippen molar-refractivity contribution in [3.8, 4) is 0 Å². The second-order valence-electron chi connectivity index (χ2n) is 11.4. The van der Waals surface area contributed by atoms with Crippen LogP contribution in [0.5, 0.6) is 0 Å². The van der Waals surface area contributed by atoms with Crippen LogP contribution in [0.25, 0.3) is 0 Å². The van der Waals surface area contributed by atoms with Crippen molar-refractivity contribution < 1.29 is 23.0 Å². The van der Waals surface area contributed by atoms with Crippen molar-refractivity contribution in [2.75, 3.05) is 6.61 Å². The second kappa shape index (κ2) is 9.74. The van der Waals surface area contributed by atoms with Gasteiger partial charge >= 0.3 is 6.09 Å². The number of amides is 1. The molecule has 1 amide bonds. The summed E-state index contributed by atoms with van der Waals surface area (Å²) in [6.07, 6.45) is 4.01. The number of benzene rings is 1. The highest BCUT2D eigenvalue weighted by Gasteiger charge is 2.40. The van der Waals surface area contributed by atoms with Gasteiger partial charge in [-0.3, -0.25) is 4.90 Å². The van der Waals surface area contributed by atoms with Gasteiger partial charge in [-0.15, -0.1) is 0 Å². The van der Waals surface area contributed by atoms with Gasteiger partial charge in [-0.05, 0) is 57.7 Å². The fourth-order valence-electron chi connectivity index (χ4n) is 5.33. The number of carbonyl (C=O) groups excluding carboxylic acids is 1. The van der Waals surface area contributed by atoms with Crippen LogP contribution in [0, 0.1) is 17.6 Å². The SMILES string of the molecule is Cn1c(CCC2CC2)nc2c1CN([C@H]1CO[C@H](c3cc(F)ccc3F)[C@@H](NC(=O)OC(C)(C)C)C1)C2. The van der Waals surface area contributed by atoms with Crippen molar-refractivity contribution in [1.82, 2.24) is 19.8 Å². The summed E-state index contributed by atoms with van der Waals surface area (Å²) in [6, 6.07) is 2.72. The molecule has 1 aliphatic carbocycles. The molecule has 9 heteroatoms. The van der Waals surface area contributed by atoms with Gasteiger partial charge in [0.25, 0.3) is 0 Å². The Bertz CT molecular complexity index is 1120. The van der Waals surface area contributed by atoms with Gasteiger partial charge < -0.3 is 19.4 Å². The molecule has 1 N–H and O–H groups in total. The van der Waals surface area contributed by atoms with Crippen molar-refractivity contribution in [1.29, 1.82) is 0 Å². The molecule has 5 rings (SSSR count). The van der Waals surface area contributed by atoms with E-state index in [0.29, 0.717) is 19.6 Å². The Balaban J connectivity index is 1.30. The highest BCUT2D eigenvalue weighted by Crippen LogP contribution is 2.36. The van der Waals surface area contributed by atoms with Gasteiger partial charge in [0.1, 0.15) is 29.2 Å². The molecule has 2 fully saturated rings. The van der Waals surface area contributed by atoms with Crippen molar-refractivity contribution in [2.24, 2.45) is 13.0 Å². The molecule has 0 radical (unpaired) electrons. The van der Waals surface area contributed by atoms with Crippen LogP contribution in [0.4, 0.5) is 13.6 Å². The van der Waals surface area contributed by atoms with Gasteiger partial charge in [-0.2, -0.15) is 0 Å². The monoisotopic (exact) mass is 502 g/mol. The Morgan fingerprint density at radius 1 is 1.25 bits per heavy atom. The van der Waals surface area contributed by atoms with Crippen LogP contribution in [0.1, 0.15) is 75.3 Å². The molecule has 0 unspecified atom stereocenters. The molecule has 2 aromatic rings. The fourth-order valence-corrected chi connectivity index (χ4v) is 5.33. The summed E-state index contributed by atoms with van der Waals surface area (Å²) < 4.78 is 42.4. The maximum absolute atomic E-state index is 14.7. The molecule has 1 aromatic heterocycles. The van der Waals surface area contributed by atoms with E-state index in [1.54, 1.807) is 20.8 Å². The highest BCUT2D eigenvalue weighted by molar-refractivity contribution is 5.68. The third-order valence-electron chi connectivity index (χ3n) is 7.41. The minimum Gasteiger partial charge on any atom is -0.444 e.